The summed E-state index contributed by atoms with van der Waals surface area (Å²) in [5.74, 6) is -0.158. The lowest BCUT2D eigenvalue weighted by atomic mass is 10.5. The predicted molar refractivity (Wildman–Crippen MR) is 57.6 cm³/mol. The Bertz CT molecular complexity index is 206. The number of carbonyl (C=O) groups is 1. The van der Waals surface area contributed by atoms with Gasteiger partial charge in [-0.1, -0.05) is 0 Å². The highest BCUT2D eigenvalue weighted by Crippen LogP contribution is 2.15. The number of amides is 1. The molecule has 1 radical (unpaired) electrons. The van der Waals surface area contributed by atoms with Gasteiger partial charge in [0.15, 0.2) is 0 Å². The molecular formula is C9H20NO4Si. The third-order valence-corrected chi connectivity index (χ3v) is 5.07. The summed E-state index contributed by atoms with van der Waals surface area (Å²) in [5.41, 5.74) is -0.533. The zero-order valence-electron chi connectivity index (χ0n) is 10.1. The Morgan fingerprint density at radius 1 is 1.33 bits per heavy atom. The molecule has 0 rings (SSSR count). The minimum Gasteiger partial charge on any atom is -0.371 e. The summed E-state index contributed by atoms with van der Waals surface area (Å²) in [5, 5.41) is 0. The molecule has 0 aromatic rings. The molecule has 0 saturated heterocycles. The van der Waals surface area contributed by atoms with Crippen LogP contribution in [0.15, 0.2) is 0 Å². The summed E-state index contributed by atoms with van der Waals surface area (Å²) < 4.78 is 10.3. The van der Waals surface area contributed by atoms with Crippen molar-refractivity contribution in [2.45, 2.75) is 33.4 Å². The zero-order chi connectivity index (χ0) is 12.1. The van der Waals surface area contributed by atoms with E-state index in [0.717, 1.165) is 0 Å². The van der Waals surface area contributed by atoms with Crippen molar-refractivity contribution in [2.75, 3.05) is 20.3 Å². The molecule has 15 heavy (non-hydrogen) atoms. The highest BCUT2D eigenvalue weighted by atomic mass is 28.4. The first-order valence-corrected chi connectivity index (χ1v) is 6.91. The Morgan fingerprint density at radius 3 is 2.00 bits per heavy atom. The number of rotatable bonds is 6. The Hall–Kier alpha value is -0.433. The van der Waals surface area contributed by atoms with E-state index in [-0.39, 0.29) is 5.91 Å². The molecule has 0 aliphatic rings. The molecule has 1 unspecified atom stereocenters. The smallest absolute Gasteiger partial charge is 0.371 e. The van der Waals surface area contributed by atoms with Crippen molar-refractivity contribution in [2.24, 2.45) is 0 Å². The van der Waals surface area contributed by atoms with E-state index in [1.165, 1.54) is 11.8 Å². The Morgan fingerprint density at radius 2 is 1.73 bits per heavy atom. The average molecular weight is 234 g/mol. The van der Waals surface area contributed by atoms with Crippen molar-refractivity contribution in [3.63, 3.8) is 0 Å². The van der Waals surface area contributed by atoms with Crippen LogP contribution in [0.25, 0.3) is 0 Å². The highest BCUT2D eigenvalue weighted by molar-refractivity contribution is 6.60. The third-order valence-electron chi connectivity index (χ3n) is 2.28. The molecule has 5 nitrogen and oxygen atoms in total. The molecule has 89 valence electrons. The molecule has 0 fully saturated rings. The van der Waals surface area contributed by atoms with Gasteiger partial charge in [0.2, 0.25) is 5.91 Å². The van der Waals surface area contributed by atoms with Crippen LogP contribution in [0.1, 0.15) is 27.7 Å². The normalized spacial score (nSPS) is 13.7. The molecule has 0 aromatic carbocycles. The summed E-state index contributed by atoms with van der Waals surface area (Å²) in [6.07, 6.45) is 0. The van der Waals surface area contributed by atoms with Crippen LogP contribution in [0.5, 0.6) is 0 Å². The van der Waals surface area contributed by atoms with Crippen molar-refractivity contribution in [1.82, 2.24) is 4.90 Å². The van der Waals surface area contributed by atoms with E-state index < -0.39 is 14.5 Å². The number of nitrogens with zero attached hydrogens (tertiary/aromatic N) is 1. The Labute approximate surface area is 92.4 Å². The van der Waals surface area contributed by atoms with Gasteiger partial charge in [0.25, 0.3) is 0 Å². The first-order valence-electron chi connectivity index (χ1n) is 5.10. The van der Waals surface area contributed by atoms with Crippen LogP contribution >= 0.6 is 0 Å². The van der Waals surface area contributed by atoms with Gasteiger partial charge in [-0.15, -0.1) is 0 Å². The van der Waals surface area contributed by atoms with Crippen molar-refractivity contribution in [3.8, 4) is 0 Å². The summed E-state index contributed by atoms with van der Waals surface area (Å²) >= 11 is 0. The summed E-state index contributed by atoms with van der Waals surface area (Å²) in [6.45, 7) is 7.21. The quantitative estimate of drug-likeness (QED) is 0.640. The zero-order valence-corrected chi connectivity index (χ0v) is 11.1. The summed E-state index contributed by atoms with van der Waals surface area (Å²) in [4.78, 5) is 24.8. The van der Waals surface area contributed by atoms with Gasteiger partial charge < -0.3 is 13.8 Å². The molecule has 0 aromatic heterocycles. The van der Waals surface area contributed by atoms with Crippen molar-refractivity contribution >= 4 is 14.7 Å². The summed E-state index contributed by atoms with van der Waals surface area (Å²) in [7, 11) is -1.94. The predicted octanol–water partition coefficient (Wildman–Crippen LogP) is 0.835. The lowest BCUT2D eigenvalue weighted by molar-refractivity contribution is -0.129. The van der Waals surface area contributed by atoms with Gasteiger partial charge in [0.1, 0.15) is 5.67 Å². The minimum absolute atomic E-state index is 0.158. The largest absolute Gasteiger partial charge is 0.551 e. The fourth-order valence-corrected chi connectivity index (χ4v) is 3.22. The molecule has 0 aliphatic heterocycles. The van der Waals surface area contributed by atoms with Crippen LogP contribution in [0.2, 0.25) is 0 Å². The first kappa shape index (κ1) is 14.6. The topological polar surface area (TPSA) is 58.7 Å². The second-order valence-electron chi connectivity index (χ2n) is 3.28. The number of carbonyl (C=O) groups excluding carboxylic acids is 1. The van der Waals surface area contributed by atoms with Gasteiger partial charge in [-0.2, -0.15) is 0 Å². The van der Waals surface area contributed by atoms with Crippen molar-refractivity contribution in [1.29, 1.82) is 0 Å². The molecule has 0 N–H and O–H groups in total. The maximum atomic E-state index is 12.2. The first-order chi connectivity index (χ1) is 6.89. The van der Waals surface area contributed by atoms with Crippen LogP contribution < -0.4 is 0 Å². The Balaban J connectivity index is 4.66. The summed E-state index contributed by atoms with van der Waals surface area (Å²) in [6, 6.07) is 0. The third kappa shape index (κ3) is 3.90. The van der Waals surface area contributed by atoms with Gasteiger partial charge in [0.05, 0.1) is 0 Å². The molecule has 0 spiro atoms. The lowest BCUT2D eigenvalue weighted by Crippen LogP contribution is -2.59. The van der Waals surface area contributed by atoms with Crippen LogP contribution in [0, 0.1) is 0 Å². The number of hydrogen-bond donors (Lipinski definition) is 0. The Kier molecular flexibility index (Phi) is 6.04. The van der Waals surface area contributed by atoms with Gasteiger partial charge in [-0.05, 0) is 20.8 Å². The van der Waals surface area contributed by atoms with E-state index in [0.29, 0.717) is 13.2 Å². The van der Waals surface area contributed by atoms with E-state index in [2.05, 4.69) is 0 Å². The molecule has 1 amide bonds. The molecular weight excluding hydrogens is 214 g/mol. The van der Waals surface area contributed by atoms with E-state index in [1.54, 1.807) is 27.8 Å². The SMILES string of the molecule is CCO[Si]([O])(OCC)C(C)N(C)C(C)=O. The maximum absolute atomic E-state index is 12.2. The molecule has 6 heteroatoms. The van der Waals surface area contributed by atoms with E-state index in [9.17, 15) is 9.59 Å². The van der Waals surface area contributed by atoms with Gasteiger partial charge in [0, 0.05) is 27.2 Å². The second-order valence-corrected chi connectivity index (χ2v) is 5.90. The minimum atomic E-state index is -3.52. The van der Waals surface area contributed by atoms with E-state index in [1.807, 2.05) is 0 Å². The van der Waals surface area contributed by atoms with Gasteiger partial charge >= 0.3 is 8.80 Å². The van der Waals surface area contributed by atoms with Crippen LogP contribution in [-0.4, -0.2) is 45.5 Å². The van der Waals surface area contributed by atoms with Crippen LogP contribution in [-0.2, 0) is 18.4 Å². The van der Waals surface area contributed by atoms with Gasteiger partial charge in [-0.3, -0.25) is 4.79 Å². The standard InChI is InChI=1S/C9H20NO4Si/c1-6-13-15(12,14-7-2)9(4)10(5)8(3)11/h9H,6-7H2,1-5H3. The number of hydrogen-bond acceptors (Lipinski definition) is 3. The van der Waals surface area contributed by atoms with Gasteiger partial charge in [-0.25, -0.2) is 4.80 Å². The fourth-order valence-electron chi connectivity index (χ4n) is 1.20. The van der Waals surface area contributed by atoms with Crippen LogP contribution in [0.4, 0.5) is 0 Å². The lowest BCUT2D eigenvalue weighted by Gasteiger charge is -2.32. The molecule has 0 heterocycles. The van der Waals surface area contributed by atoms with E-state index >= 15 is 0 Å². The average Bonchev–Trinajstić information content (AvgIpc) is 2.16. The molecule has 0 aliphatic carbocycles. The van der Waals surface area contributed by atoms with Crippen molar-refractivity contribution in [3.05, 3.63) is 0 Å². The monoisotopic (exact) mass is 234 g/mol. The second kappa shape index (κ2) is 6.22. The fraction of sp³-hybridized carbons (Fsp3) is 0.889. The van der Waals surface area contributed by atoms with Crippen LogP contribution in [0.3, 0.4) is 0 Å². The van der Waals surface area contributed by atoms with E-state index in [4.69, 9.17) is 8.85 Å². The molecule has 1 atom stereocenters. The maximum Gasteiger partial charge on any atom is 0.551 e. The highest BCUT2D eigenvalue weighted by Gasteiger charge is 2.48. The van der Waals surface area contributed by atoms with Crippen molar-refractivity contribution < 1.29 is 18.4 Å². The molecule has 0 saturated carbocycles. The molecule has 0 bridgehead atoms.